The monoisotopic (exact) mass is 226 g/mol. The average molecular weight is 226 g/mol. The summed E-state index contributed by atoms with van der Waals surface area (Å²) in [5.41, 5.74) is -0.396. The topological polar surface area (TPSA) is 32.8 Å². The summed E-state index contributed by atoms with van der Waals surface area (Å²) in [4.78, 5) is 16.5. The van der Waals surface area contributed by atoms with Gasteiger partial charge in [-0.2, -0.15) is 0 Å². The van der Waals surface area contributed by atoms with E-state index in [1.54, 1.807) is 0 Å². The van der Waals surface area contributed by atoms with Crippen LogP contribution in [0.1, 0.15) is 34.1 Å². The molecular formula is C12H22N2O2. The molecule has 0 spiro atoms. The molecule has 0 aromatic rings. The number of piperazine rings is 1. The van der Waals surface area contributed by atoms with E-state index in [-0.39, 0.29) is 12.1 Å². The summed E-state index contributed by atoms with van der Waals surface area (Å²) in [6.07, 6.45) is 0.940. The minimum atomic E-state index is -0.396. The number of ether oxygens (including phenoxy) is 1. The van der Waals surface area contributed by atoms with Gasteiger partial charge >= 0.3 is 6.09 Å². The molecule has 92 valence electrons. The molecule has 16 heavy (non-hydrogen) atoms. The number of hydrogen-bond acceptors (Lipinski definition) is 3. The Balaban J connectivity index is 2.04. The summed E-state index contributed by atoms with van der Waals surface area (Å²) in [6.45, 7) is 11.0. The van der Waals surface area contributed by atoms with Gasteiger partial charge in [-0.15, -0.1) is 0 Å². The van der Waals surface area contributed by atoms with Crippen molar-refractivity contribution in [2.24, 2.45) is 0 Å². The van der Waals surface area contributed by atoms with Crippen LogP contribution in [-0.4, -0.2) is 53.2 Å². The van der Waals surface area contributed by atoms with Gasteiger partial charge in [0.25, 0.3) is 0 Å². The Kier molecular flexibility index (Phi) is 2.86. The van der Waals surface area contributed by atoms with Crippen molar-refractivity contribution in [3.05, 3.63) is 0 Å². The number of hydrogen-bond donors (Lipinski definition) is 0. The molecule has 0 saturated carbocycles. The lowest BCUT2D eigenvalue weighted by Gasteiger charge is -2.40. The molecule has 4 heteroatoms. The van der Waals surface area contributed by atoms with Crippen molar-refractivity contribution < 1.29 is 9.53 Å². The average Bonchev–Trinajstić information content (AvgIpc) is 2.44. The molecule has 2 fully saturated rings. The van der Waals surface area contributed by atoms with E-state index >= 15 is 0 Å². The summed E-state index contributed by atoms with van der Waals surface area (Å²) < 4.78 is 5.47. The second-order valence-electron chi connectivity index (χ2n) is 5.94. The largest absolute Gasteiger partial charge is 0.444 e. The number of nitrogens with zero attached hydrogens (tertiary/aromatic N) is 2. The number of carbonyl (C=O) groups is 1. The van der Waals surface area contributed by atoms with Gasteiger partial charge in [0.05, 0.1) is 0 Å². The lowest BCUT2D eigenvalue weighted by Crippen LogP contribution is -2.55. The van der Waals surface area contributed by atoms with Crippen LogP contribution in [0.15, 0.2) is 0 Å². The first kappa shape index (κ1) is 11.7. The van der Waals surface area contributed by atoms with Crippen LogP contribution >= 0.6 is 0 Å². The van der Waals surface area contributed by atoms with Gasteiger partial charge < -0.3 is 4.74 Å². The zero-order valence-corrected chi connectivity index (χ0v) is 10.7. The van der Waals surface area contributed by atoms with Gasteiger partial charge in [-0.3, -0.25) is 9.80 Å². The summed E-state index contributed by atoms with van der Waals surface area (Å²) in [5, 5.41) is 0. The predicted octanol–water partition coefficient (Wildman–Crippen LogP) is 1.70. The number of rotatable bonds is 0. The Morgan fingerprint density at radius 1 is 1.31 bits per heavy atom. The van der Waals surface area contributed by atoms with E-state index in [1.165, 1.54) is 0 Å². The van der Waals surface area contributed by atoms with Crippen LogP contribution in [0, 0.1) is 0 Å². The molecule has 0 aliphatic carbocycles. The van der Waals surface area contributed by atoms with E-state index in [0.29, 0.717) is 6.04 Å². The summed E-state index contributed by atoms with van der Waals surface area (Å²) in [7, 11) is 0. The third kappa shape index (κ3) is 2.32. The van der Waals surface area contributed by atoms with Crippen molar-refractivity contribution in [3.63, 3.8) is 0 Å². The van der Waals surface area contributed by atoms with E-state index < -0.39 is 5.60 Å². The van der Waals surface area contributed by atoms with E-state index in [2.05, 4.69) is 11.8 Å². The minimum absolute atomic E-state index is 0.147. The van der Waals surface area contributed by atoms with Gasteiger partial charge in [0, 0.05) is 31.7 Å². The van der Waals surface area contributed by atoms with Crippen molar-refractivity contribution in [1.82, 2.24) is 9.80 Å². The molecule has 3 atom stereocenters. The summed E-state index contributed by atoms with van der Waals surface area (Å²) in [6, 6.07) is 0.634. The fourth-order valence-corrected chi connectivity index (χ4v) is 2.67. The molecule has 0 aromatic heterocycles. The van der Waals surface area contributed by atoms with Crippen LogP contribution in [0.25, 0.3) is 0 Å². The summed E-state index contributed by atoms with van der Waals surface area (Å²) in [5.74, 6) is 0. The first-order valence-corrected chi connectivity index (χ1v) is 6.10. The SMILES string of the molecule is CC1CN2CCC(C2)N1C(=O)OC(C)(C)C. The molecule has 2 aliphatic heterocycles. The zero-order valence-electron chi connectivity index (χ0n) is 10.7. The molecule has 4 nitrogen and oxygen atoms in total. The Morgan fingerprint density at radius 3 is 2.62 bits per heavy atom. The number of carbonyl (C=O) groups excluding carboxylic acids is 1. The van der Waals surface area contributed by atoms with Gasteiger partial charge in [-0.05, 0) is 34.1 Å². The van der Waals surface area contributed by atoms with Gasteiger partial charge in [-0.25, -0.2) is 4.79 Å². The quantitative estimate of drug-likeness (QED) is 0.630. The van der Waals surface area contributed by atoms with Crippen LogP contribution < -0.4 is 0 Å². The van der Waals surface area contributed by atoms with Crippen LogP contribution in [0.5, 0.6) is 0 Å². The molecule has 0 aromatic carbocycles. The Bertz CT molecular complexity index is 285. The molecule has 2 bridgehead atoms. The van der Waals surface area contributed by atoms with Crippen molar-refractivity contribution in [3.8, 4) is 0 Å². The van der Waals surface area contributed by atoms with Crippen LogP contribution in [-0.2, 0) is 4.74 Å². The van der Waals surface area contributed by atoms with Crippen LogP contribution in [0.2, 0.25) is 0 Å². The maximum Gasteiger partial charge on any atom is 0.410 e. The van der Waals surface area contributed by atoms with Crippen molar-refractivity contribution in [1.29, 1.82) is 0 Å². The Morgan fingerprint density at radius 2 is 2.00 bits per heavy atom. The van der Waals surface area contributed by atoms with Crippen molar-refractivity contribution >= 4 is 6.09 Å². The van der Waals surface area contributed by atoms with E-state index in [9.17, 15) is 4.79 Å². The van der Waals surface area contributed by atoms with Crippen LogP contribution in [0.4, 0.5) is 4.79 Å². The van der Waals surface area contributed by atoms with E-state index in [1.807, 2.05) is 25.7 Å². The maximum absolute atomic E-state index is 12.1. The Hall–Kier alpha value is -0.770. The fraction of sp³-hybridized carbons (Fsp3) is 0.917. The van der Waals surface area contributed by atoms with E-state index in [4.69, 9.17) is 4.74 Å². The van der Waals surface area contributed by atoms with Crippen molar-refractivity contribution in [2.45, 2.75) is 51.8 Å². The molecule has 3 unspecified atom stereocenters. The fourth-order valence-electron chi connectivity index (χ4n) is 2.67. The lowest BCUT2D eigenvalue weighted by atomic mass is 10.1. The predicted molar refractivity (Wildman–Crippen MR) is 62.4 cm³/mol. The minimum Gasteiger partial charge on any atom is -0.444 e. The lowest BCUT2D eigenvalue weighted by molar-refractivity contribution is -0.00296. The normalized spacial score (nSPS) is 34.0. The molecule has 0 N–H and O–H groups in total. The molecule has 2 heterocycles. The molecule has 1 amide bonds. The standard InChI is InChI=1S/C12H22N2O2/c1-9-7-13-6-5-10(8-13)14(9)11(15)16-12(2,3)4/h9-10H,5-8H2,1-4H3. The highest BCUT2D eigenvalue weighted by Gasteiger charge is 2.40. The molecule has 2 aliphatic rings. The van der Waals surface area contributed by atoms with Gasteiger partial charge in [0.15, 0.2) is 0 Å². The first-order valence-electron chi connectivity index (χ1n) is 6.10. The van der Waals surface area contributed by atoms with Gasteiger partial charge in [-0.1, -0.05) is 0 Å². The first-order chi connectivity index (χ1) is 7.37. The maximum atomic E-state index is 12.1. The molecular weight excluding hydrogens is 204 g/mol. The highest BCUT2D eigenvalue weighted by Crippen LogP contribution is 2.26. The number of amides is 1. The Labute approximate surface area is 97.5 Å². The van der Waals surface area contributed by atoms with Crippen LogP contribution in [0.3, 0.4) is 0 Å². The second-order valence-corrected chi connectivity index (χ2v) is 5.94. The molecule has 2 rings (SSSR count). The number of fused-ring (bicyclic) bond motifs is 2. The second kappa shape index (κ2) is 3.91. The smallest absolute Gasteiger partial charge is 0.410 e. The van der Waals surface area contributed by atoms with Gasteiger partial charge in [0.1, 0.15) is 5.60 Å². The van der Waals surface area contributed by atoms with E-state index in [0.717, 1.165) is 26.1 Å². The highest BCUT2D eigenvalue weighted by molar-refractivity contribution is 5.69. The third-order valence-electron chi connectivity index (χ3n) is 3.24. The zero-order chi connectivity index (χ0) is 11.9. The highest BCUT2D eigenvalue weighted by atomic mass is 16.6. The van der Waals surface area contributed by atoms with Gasteiger partial charge in [0.2, 0.25) is 0 Å². The molecule has 2 saturated heterocycles. The third-order valence-corrected chi connectivity index (χ3v) is 3.24. The van der Waals surface area contributed by atoms with Crippen molar-refractivity contribution in [2.75, 3.05) is 19.6 Å². The molecule has 0 radical (unpaired) electrons. The summed E-state index contributed by atoms with van der Waals surface area (Å²) >= 11 is 0.